The van der Waals surface area contributed by atoms with E-state index < -0.39 is 0 Å². The van der Waals surface area contributed by atoms with Crippen LogP contribution in [-0.4, -0.2) is 10.4 Å². The number of nitrogens with zero attached hydrogens (tertiary/aromatic N) is 1. The summed E-state index contributed by atoms with van der Waals surface area (Å²) in [5, 5.41) is 0. The van der Waals surface area contributed by atoms with Gasteiger partial charge in [-0.05, 0) is 56.7 Å². The molecule has 0 aliphatic rings. The second-order valence-corrected chi connectivity index (χ2v) is 6.02. The van der Waals surface area contributed by atoms with Crippen LogP contribution in [0, 0.1) is 5.92 Å². The Morgan fingerprint density at radius 2 is 2.12 bits per heavy atom. The van der Waals surface area contributed by atoms with E-state index in [-0.39, 0.29) is 5.56 Å². The van der Waals surface area contributed by atoms with Crippen LogP contribution in [0.3, 0.4) is 0 Å². The van der Waals surface area contributed by atoms with E-state index >= 15 is 0 Å². The molecule has 2 nitrogen and oxygen atoms in total. The summed E-state index contributed by atoms with van der Waals surface area (Å²) in [4.78, 5) is 11.8. The Bertz CT molecular complexity index is 405. The third-order valence-electron chi connectivity index (χ3n) is 2.47. The largest absolute Gasteiger partial charge is 0.313 e. The minimum Gasteiger partial charge on any atom is -0.313 e. The van der Waals surface area contributed by atoms with Crippen LogP contribution in [-0.2, 0) is 6.54 Å². The van der Waals surface area contributed by atoms with Crippen molar-refractivity contribution in [3.05, 3.63) is 31.6 Å². The van der Waals surface area contributed by atoms with Gasteiger partial charge in [0.05, 0.1) is 4.47 Å². The highest BCUT2D eigenvalue weighted by Crippen LogP contribution is 2.14. The Morgan fingerprint density at radius 3 is 2.75 bits per heavy atom. The Kier molecular flexibility index (Phi) is 6.08. The summed E-state index contributed by atoms with van der Waals surface area (Å²) >= 11 is 12.3. The molecule has 0 saturated heterocycles. The molecule has 0 spiro atoms. The van der Waals surface area contributed by atoms with Gasteiger partial charge < -0.3 is 4.57 Å². The fourth-order valence-corrected chi connectivity index (χ4v) is 3.05. The predicted molar refractivity (Wildman–Crippen MR) is 75.2 cm³/mol. The molecular formula is C11H14Br2ClNO. The third-order valence-corrected chi connectivity index (χ3v) is 3.69. The van der Waals surface area contributed by atoms with E-state index in [2.05, 4.69) is 38.8 Å². The highest BCUT2D eigenvalue weighted by Gasteiger charge is 2.06. The maximum atomic E-state index is 11.8. The van der Waals surface area contributed by atoms with E-state index in [1.807, 2.05) is 6.20 Å². The Hall–Kier alpha value is 0.200. The lowest BCUT2D eigenvalue weighted by molar-refractivity contribution is 0.464. The normalized spacial score (nSPS) is 12.8. The molecule has 0 aliphatic heterocycles. The van der Waals surface area contributed by atoms with Gasteiger partial charge in [-0.25, -0.2) is 0 Å². The minimum atomic E-state index is 0.0151. The van der Waals surface area contributed by atoms with Crippen molar-refractivity contribution in [1.29, 1.82) is 0 Å². The molecule has 1 rings (SSSR count). The Balaban J connectivity index is 2.70. The first-order chi connectivity index (χ1) is 7.54. The average molecular weight is 372 g/mol. The molecular weight excluding hydrogens is 357 g/mol. The maximum absolute atomic E-state index is 11.8. The summed E-state index contributed by atoms with van der Waals surface area (Å²) < 4.78 is 3.22. The van der Waals surface area contributed by atoms with Crippen LogP contribution in [0.2, 0.25) is 0 Å². The molecule has 0 amide bonds. The van der Waals surface area contributed by atoms with Gasteiger partial charge >= 0.3 is 0 Å². The summed E-state index contributed by atoms with van der Waals surface area (Å²) in [5.41, 5.74) is 0.0151. The van der Waals surface area contributed by atoms with Gasteiger partial charge in [-0.3, -0.25) is 4.79 Å². The SMILES string of the molecule is CC(CCCl)CCn1cc(Br)cc(Br)c1=O. The van der Waals surface area contributed by atoms with E-state index in [9.17, 15) is 4.79 Å². The number of aryl methyl sites for hydroxylation is 1. The Labute approximate surface area is 117 Å². The quantitative estimate of drug-likeness (QED) is 0.717. The van der Waals surface area contributed by atoms with Gasteiger partial charge in [-0.2, -0.15) is 0 Å². The molecule has 0 fully saturated rings. The van der Waals surface area contributed by atoms with Crippen molar-refractivity contribution in [3.8, 4) is 0 Å². The van der Waals surface area contributed by atoms with Gasteiger partial charge in [0.2, 0.25) is 0 Å². The van der Waals surface area contributed by atoms with Crippen LogP contribution < -0.4 is 5.56 Å². The first-order valence-electron chi connectivity index (χ1n) is 5.16. The minimum absolute atomic E-state index is 0.0151. The van der Waals surface area contributed by atoms with Crippen LogP contribution in [0.4, 0.5) is 0 Å². The summed E-state index contributed by atoms with van der Waals surface area (Å²) in [6, 6.07) is 1.76. The summed E-state index contributed by atoms with van der Waals surface area (Å²) in [6.45, 7) is 2.88. The molecule has 5 heteroatoms. The van der Waals surface area contributed by atoms with Crippen LogP contribution in [0.25, 0.3) is 0 Å². The van der Waals surface area contributed by atoms with Crippen molar-refractivity contribution in [2.75, 3.05) is 5.88 Å². The molecule has 1 aromatic heterocycles. The molecule has 0 aliphatic carbocycles. The van der Waals surface area contributed by atoms with Crippen LogP contribution in [0.5, 0.6) is 0 Å². The third kappa shape index (κ3) is 4.22. The zero-order valence-electron chi connectivity index (χ0n) is 9.05. The summed E-state index contributed by atoms with van der Waals surface area (Å²) in [7, 11) is 0. The standard InChI is InChI=1S/C11H14Br2ClNO/c1-8(2-4-14)3-5-15-7-9(12)6-10(13)11(15)16/h6-8H,2-5H2,1H3. The second-order valence-electron chi connectivity index (χ2n) is 3.88. The first kappa shape index (κ1) is 14.3. The Morgan fingerprint density at radius 1 is 1.44 bits per heavy atom. The van der Waals surface area contributed by atoms with Crippen molar-refractivity contribution in [1.82, 2.24) is 4.57 Å². The first-order valence-corrected chi connectivity index (χ1v) is 7.28. The lowest BCUT2D eigenvalue weighted by atomic mass is 10.1. The molecule has 0 saturated carbocycles. The summed E-state index contributed by atoms with van der Waals surface area (Å²) in [5.74, 6) is 1.22. The van der Waals surface area contributed by atoms with E-state index in [4.69, 9.17) is 11.6 Å². The van der Waals surface area contributed by atoms with Gasteiger partial charge in [0.1, 0.15) is 0 Å². The number of alkyl halides is 1. The molecule has 1 atom stereocenters. The average Bonchev–Trinajstić information content (AvgIpc) is 2.21. The van der Waals surface area contributed by atoms with Crippen LogP contribution in [0.1, 0.15) is 19.8 Å². The number of aromatic nitrogens is 1. The monoisotopic (exact) mass is 369 g/mol. The number of hydrogen-bond acceptors (Lipinski definition) is 1. The molecule has 0 radical (unpaired) electrons. The van der Waals surface area contributed by atoms with Gasteiger partial charge in [-0.15, -0.1) is 11.6 Å². The van der Waals surface area contributed by atoms with Crippen molar-refractivity contribution < 1.29 is 0 Å². The second kappa shape index (κ2) is 6.82. The highest BCUT2D eigenvalue weighted by molar-refractivity contribution is 9.11. The smallest absolute Gasteiger partial charge is 0.264 e. The highest BCUT2D eigenvalue weighted by atomic mass is 79.9. The molecule has 90 valence electrons. The number of rotatable bonds is 5. The van der Waals surface area contributed by atoms with E-state index in [1.54, 1.807) is 10.6 Å². The zero-order valence-corrected chi connectivity index (χ0v) is 13.0. The summed E-state index contributed by atoms with van der Waals surface area (Å²) in [6.07, 6.45) is 3.78. The van der Waals surface area contributed by atoms with E-state index in [0.29, 0.717) is 16.3 Å². The number of pyridine rings is 1. The van der Waals surface area contributed by atoms with Gasteiger partial charge in [0.25, 0.3) is 5.56 Å². The van der Waals surface area contributed by atoms with Crippen molar-refractivity contribution >= 4 is 43.5 Å². The van der Waals surface area contributed by atoms with Gasteiger partial charge in [0.15, 0.2) is 0 Å². The fourth-order valence-electron chi connectivity index (χ4n) is 1.42. The molecule has 0 bridgehead atoms. The number of hydrogen-bond donors (Lipinski definition) is 0. The van der Waals surface area contributed by atoms with Crippen molar-refractivity contribution in [3.63, 3.8) is 0 Å². The van der Waals surface area contributed by atoms with E-state index in [0.717, 1.165) is 23.9 Å². The van der Waals surface area contributed by atoms with Crippen molar-refractivity contribution in [2.24, 2.45) is 5.92 Å². The topological polar surface area (TPSA) is 22.0 Å². The predicted octanol–water partition coefficient (Wildman–Crippen LogP) is 4.03. The lowest BCUT2D eigenvalue weighted by Crippen LogP contribution is -2.21. The van der Waals surface area contributed by atoms with Crippen molar-refractivity contribution in [2.45, 2.75) is 26.3 Å². The lowest BCUT2D eigenvalue weighted by Gasteiger charge is -2.11. The molecule has 16 heavy (non-hydrogen) atoms. The van der Waals surface area contributed by atoms with Gasteiger partial charge in [0, 0.05) is 23.1 Å². The van der Waals surface area contributed by atoms with Crippen LogP contribution >= 0.6 is 43.5 Å². The maximum Gasteiger partial charge on any atom is 0.264 e. The molecule has 0 aromatic carbocycles. The molecule has 1 heterocycles. The zero-order chi connectivity index (χ0) is 12.1. The van der Waals surface area contributed by atoms with Crippen LogP contribution in [0.15, 0.2) is 26.0 Å². The number of halogens is 3. The molecule has 1 unspecified atom stereocenters. The molecule has 0 N–H and O–H groups in total. The fraction of sp³-hybridized carbons (Fsp3) is 0.545. The van der Waals surface area contributed by atoms with Gasteiger partial charge in [-0.1, -0.05) is 6.92 Å². The molecule has 1 aromatic rings. The van der Waals surface area contributed by atoms with E-state index in [1.165, 1.54) is 0 Å².